The lowest BCUT2D eigenvalue weighted by molar-refractivity contribution is -0.111. The summed E-state index contributed by atoms with van der Waals surface area (Å²) >= 11 is 2.65. The number of hydrogen-bond donors (Lipinski definition) is 1. The molecule has 0 radical (unpaired) electrons. The van der Waals surface area contributed by atoms with E-state index in [1.807, 2.05) is 12.1 Å². The summed E-state index contributed by atoms with van der Waals surface area (Å²) in [6, 6.07) is 14.8. The summed E-state index contributed by atoms with van der Waals surface area (Å²) in [5, 5.41) is 11.1. The maximum absolute atomic E-state index is 13.7. The van der Waals surface area contributed by atoms with Crippen molar-refractivity contribution in [3.63, 3.8) is 0 Å². The molecule has 0 fully saturated rings. The van der Waals surface area contributed by atoms with Gasteiger partial charge >= 0.3 is 0 Å². The maximum Gasteiger partial charge on any atom is 0.250 e. The van der Waals surface area contributed by atoms with Crippen LogP contribution < -0.4 is 5.32 Å². The molecule has 1 N–H and O–H groups in total. The second-order valence-corrected chi connectivity index (χ2v) is 9.65. The van der Waals surface area contributed by atoms with Gasteiger partial charge in [0.25, 0.3) is 0 Å². The van der Waals surface area contributed by atoms with Crippen LogP contribution in [0, 0.1) is 5.82 Å². The molecule has 7 heteroatoms. The van der Waals surface area contributed by atoms with Gasteiger partial charge in [0.15, 0.2) is 4.34 Å². The van der Waals surface area contributed by atoms with Crippen LogP contribution in [0.25, 0.3) is 6.08 Å². The molecule has 150 valence electrons. The molecule has 0 atom stereocenters. The molecule has 0 aliphatic carbocycles. The summed E-state index contributed by atoms with van der Waals surface area (Å²) in [5.74, 6) is -0.0508. The summed E-state index contributed by atoms with van der Waals surface area (Å²) in [5.41, 5.74) is 2.90. The van der Waals surface area contributed by atoms with Gasteiger partial charge in [-0.2, -0.15) is 0 Å². The van der Waals surface area contributed by atoms with E-state index in [0.717, 1.165) is 5.56 Å². The Morgan fingerprint density at radius 2 is 1.86 bits per heavy atom. The second-order valence-electron chi connectivity index (χ2n) is 7.45. The molecule has 2 aromatic carbocycles. The lowest BCUT2D eigenvalue weighted by Gasteiger charge is -2.18. The highest BCUT2D eigenvalue weighted by Crippen LogP contribution is 2.29. The number of nitrogens with zero attached hydrogens (tertiary/aromatic N) is 2. The van der Waals surface area contributed by atoms with Crippen LogP contribution in [-0.4, -0.2) is 16.1 Å². The predicted octanol–water partition coefficient (Wildman–Crippen LogP) is 5.92. The van der Waals surface area contributed by atoms with Crippen LogP contribution in [0.3, 0.4) is 0 Å². The number of thioether (sulfide) groups is 1. The second kappa shape index (κ2) is 9.33. The number of amides is 1. The van der Waals surface area contributed by atoms with Crippen LogP contribution in [0.1, 0.15) is 37.5 Å². The highest BCUT2D eigenvalue weighted by Gasteiger charge is 2.12. The van der Waals surface area contributed by atoms with Gasteiger partial charge in [-0.3, -0.25) is 10.1 Å². The lowest BCUT2D eigenvalue weighted by Crippen LogP contribution is -2.10. The summed E-state index contributed by atoms with van der Waals surface area (Å²) in [6.45, 7) is 6.49. The lowest BCUT2D eigenvalue weighted by atomic mass is 9.87. The van der Waals surface area contributed by atoms with E-state index in [4.69, 9.17) is 0 Å². The topological polar surface area (TPSA) is 54.9 Å². The first kappa shape index (κ1) is 21.2. The number of aromatic nitrogens is 2. The number of carbonyl (C=O) groups excluding carboxylic acids is 1. The molecule has 0 aliphatic rings. The largest absolute Gasteiger partial charge is 0.297 e. The van der Waals surface area contributed by atoms with E-state index in [1.54, 1.807) is 24.3 Å². The first-order valence-electron chi connectivity index (χ1n) is 9.10. The first-order chi connectivity index (χ1) is 13.8. The number of halogens is 1. The van der Waals surface area contributed by atoms with E-state index in [0.29, 0.717) is 20.8 Å². The Kier molecular flexibility index (Phi) is 6.82. The molecular weight excluding hydrogens is 405 g/mol. The molecule has 0 saturated carbocycles. The van der Waals surface area contributed by atoms with Gasteiger partial charge in [0.05, 0.1) is 0 Å². The van der Waals surface area contributed by atoms with Crippen LogP contribution in [0.2, 0.25) is 0 Å². The third-order valence-corrected chi connectivity index (χ3v) is 6.17. The molecule has 1 heterocycles. The van der Waals surface area contributed by atoms with Crippen molar-refractivity contribution in [3.05, 3.63) is 77.1 Å². The van der Waals surface area contributed by atoms with Crippen LogP contribution in [0.4, 0.5) is 9.52 Å². The van der Waals surface area contributed by atoms with Gasteiger partial charge in [-0.05, 0) is 34.2 Å². The molecule has 0 spiro atoms. The Morgan fingerprint density at radius 1 is 1.14 bits per heavy atom. The molecule has 4 nitrogen and oxygen atoms in total. The number of hydrogen-bond acceptors (Lipinski definition) is 5. The van der Waals surface area contributed by atoms with E-state index in [-0.39, 0.29) is 17.1 Å². The Hall–Kier alpha value is -2.51. The van der Waals surface area contributed by atoms with E-state index >= 15 is 0 Å². The predicted molar refractivity (Wildman–Crippen MR) is 119 cm³/mol. The number of carbonyl (C=O) groups is 1. The highest BCUT2D eigenvalue weighted by atomic mass is 32.2. The van der Waals surface area contributed by atoms with Gasteiger partial charge < -0.3 is 0 Å². The standard InChI is InChI=1S/C22H22FN3OS2/c1-22(2,3)17-11-8-15(9-12-17)10-13-19(27)24-20-25-26-21(29-20)28-14-16-6-4-5-7-18(16)23/h4-13H,14H2,1-3H3,(H,24,25,27). The van der Waals surface area contributed by atoms with Crippen molar-refractivity contribution in [2.45, 2.75) is 36.3 Å². The van der Waals surface area contributed by atoms with Crippen LogP contribution in [0.5, 0.6) is 0 Å². The smallest absolute Gasteiger partial charge is 0.250 e. The number of rotatable bonds is 6. The minimum absolute atomic E-state index is 0.0967. The Balaban J connectivity index is 1.53. The molecule has 3 aromatic rings. The quantitative estimate of drug-likeness (QED) is 0.301. The zero-order chi connectivity index (χ0) is 20.9. The number of anilines is 1. The molecule has 0 unspecified atom stereocenters. The zero-order valence-electron chi connectivity index (χ0n) is 16.5. The Bertz CT molecular complexity index is 1010. The molecular formula is C22H22FN3OS2. The molecule has 0 bridgehead atoms. The molecule has 3 rings (SSSR count). The van der Waals surface area contributed by atoms with Gasteiger partial charge in [-0.1, -0.05) is 86.3 Å². The summed E-state index contributed by atoms with van der Waals surface area (Å²) in [4.78, 5) is 12.1. The van der Waals surface area contributed by atoms with Crippen molar-refractivity contribution >= 4 is 40.2 Å². The van der Waals surface area contributed by atoms with E-state index in [2.05, 4.69) is 48.4 Å². The normalized spacial score (nSPS) is 11.7. The van der Waals surface area contributed by atoms with Crippen molar-refractivity contribution in [1.29, 1.82) is 0 Å². The van der Waals surface area contributed by atoms with Crippen molar-refractivity contribution in [2.75, 3.05) is 5.32 Å². The van der Waals surface area contributed by atoms with E-state index in [1.165, 1.54) is 40.8 Å². The van der Waals surface area contributed by atoms with Crippen molar-refractivity contribution in [1.82, 2.24) is 10.2 Å². The molecule has 1 amide bonds. The van der Waals surface area contributed by atoms with E-state index < -0.39 is 0 Å². The van der Waals surface area contributed by atoms with E-state index in [9.17, 15) is 9.18 Å². The third kappa shape index (κ3) is 6.24. The third-order valence-electron chi connectivity index (χ3n) is 4.15. The summed E-state index contributed by atoms with van der Waals surface area (Å²) in [7, 11) is 0. The first-order valence-corrected chi connectivity index (χ1v) is 10.9. The highest BCUT2D eigenvalue weighted by molar-refractivity contribution is 8.00. The number of benzene rings is 2. The van der Waals surface area contributed by atoms with Gasteiger partial charge in [0.1, 0.15) is 5.82 Å². The maximum atomic E-state index is 13.7. The fraction of sp³-hybridized carbons (Fsp3) is 0.227. The Labute approximate surface area is 178 Å². The summed E-state index contributed by atoms with van der Waals surface area (Å²) < 4.78 is 14.3. The van der Waals surface area contributed by atoms with Gasteiger partial charge in [-0.15, -0.1) is 10.2 Å². The fourth-order valence-corrected chi connectivity index (χ4v) is 4.23. The van der Waals surface area contributed by atoms with Gasteiger partial charge in [-0.25, -0.2) is 4.39 Å². The van der Waals surface area contributed by atoms with Gasteiger partial charge in [0, 0.05) is 11.8 Å². The average Bonchev–Trinajstić information content (AvgIpc) is 3.12. The van der Waals surface area contributed by atoms with Crippen LogP contribution >= 0.6 is 23.1 Å². The zero-order valence-corrected chi connectivity index (χ0v) is 18.1. The SMILES string of the molecule is CC(C)(C)c1ccc(C=CC(=O)Nc2nnc(SCc3ccccc3F)s2)cc1. The van der Waals surface area contributed by atoms with Crippen molar-refractivity contribution < 1.29 is 9.18 Å². The van der Waals surface area contributed by atoms with Crippen molar-refractivity contribution in [3.8, 4) is 0 Å². The van der Waals surface area contributed by atoms with Gasteiger partial charge in [0.2, 0.25) is 11.0 Å². The molecule has 0 saturated heterocycles. The van der Waals surface area contributed by atoms with Crippen molar-refractivity contribution in [2.24, 2.45) is 0 Å². The fourth-order valence-electron chi connectivity index (χ4n) is 2.49. The summed E-state index contributed by atoms with van der Waals surface area (Å²) in [6.07, 6.45) is 3.23. The minimum Gasteiger partial charge on any atom is -0.297 e. The Morgan fingerprint density at radius 3 is 2.55 bits per heavy atom. The molecule has 29 heavy (non-hydrogen) atoms. The molecule has 1 aromatic heterocycles. The average molecular weight is 428 g/mol. The monoisotopic (exact) mass is 427 g/mol. The van der Waals surface area contributed by atoms with Crippen LogP contribution in [-0.2, 0) is 16.0 Å². The minimum atomic E-state index is -0.272. The molecule has 0 aliphatic heterocycles. The van der Waals surface area contributed by atoms with Crippen LogP contribution in [0.15, 0.2) is 58.9 Å². The number of nitrogens with one attached hydrogen (secondary N) is 1.